The molecule has 1 aliphatic rings. The van der Waals surface area contributed by atoms with Gasteiger partial charge in [-0.1, -0.05) is 48.3 Å². The third-order valence-corrected chi connectivity index (χ3v) is 4.61. The van der Waals surface area contributed by atoms with Crippen molar-refractivity contribution in [2.24, 2.45) is 5.41 Å². The molecule has 17 heavy (non-hydrogen) atoms. The largest absolute Gasteiger partial charge is 0.307 e. The van der Waals surface area contributed by atoms with Gasteiger partial charge in [0.25, 0.3) is 0 Å². The van der Waals surface area contributed by atoms with E-state index in [0.29, 0.717) is 17.5 Å². The number of halogens is 1. The van der Waals surface area contributed by atoms with Crippen molar-refractivity contribution >= 4 is 15.9 Å². The highest BCUT2D eigenvalue weighted by Gasteiger charge is 2.34. The van der Waals surface area contributed by atoms with E-state index >= 15 is 0 Å². The maximum absolute atomic E-state index is 3.79. The first kappa shape index (κ1) is 13.1. The highest BCUT2D eigenvalue weighted by atomic mass is 79.9. The molecule has 2 unspecified atom stereocenters. The minimum Gasteiger partial charge on any atom is -0.307 e. The zero-order valence-electron chi connectivity index (χ0n) is 11.0. The second-order valence-corrected chi connectivity index (χ2v) is 6.79. The molecule has 0 aromatic heterocycles. The van der Waals surface area contributed by atoms with Gasteiger partial charge in [0.2, 0.25) is 0 Å². The number of hydrogen-bond acceptors (Lipinski definition) is 1. The van der Waals surface area contributed by atoms with Crippen molar-refractivity contribution in [3.8, 4) is 0 Å². The molecule has 1 nitrogen and oxygen atoms in total. The zero-order chi connectivity index (χ0) is 12.5. The Morgan fingerprint density at radius 2 is 1.94 bits per heavy atom. The molecular weight excluding hydrogens is 274 g/mol. The van der Waals surface area contributed by atoms with Crippen LogP contribution in [0.15, 0.2) is 28.7 Å². The highest BCUT2D eigenvalue weighted by molar-refractivity contribution is 9.10. The summed E-state index contributed by atoms with van der Waals surface area (Å²) < 4.78 is 1.15. The van der Waals surface area contributed by atoms with E-state index in [4.69, 9.17) is 0 Å². The average molecular weight is 296 g/mol. The van der Waals surface area contributed by atoms with E-state index in [0.717, 1.165) is 4.47 Å². The van der Waals surface area contributed by atoms with Gasteiger partial charge in [0, 0.05) is 16.6 Å². The van der Waals surface area contributed by atoms with E-state index in [-0.39, 0.29) is 0 Å². The van der Waals surface area contributed by atoms with Gasteiger partial charge in [0.1, 0.15) is 0 Å². The van der Waals surface area contributed by atoms with Gasteiger partial charge in [-0.2, -0.15) is 0 Å². The van der Waals surface area contributed by atoms with Crippen LogP contribution in [-0.2, 0) is 0 Å². The minimum atomic E-state index is 0.436. The fourth-order valence-electron chi connectivity index (χ4n) is 2.79. The molecule has 0 amide bonds. The molecule has 0 radical (unpaired) electrons. The Bertz CT molecular complexity index is 369. The van der Waals surface area contributed by atoms with Crippen LogP contribution >= 0.6 is 15.9 Å². The molecule has 0 aliphatic heterocycles. The quantitative estimate of drug-likeness (QED) is 0.854. The normalized spacial score (nSPS) is 24.8. The van der Waals surface area contributed by atoms with Gasteiger partial charge >= 0.3 is 0 Å². The summed E-state index contributed by atoms with van der Waals surface area (Å²) in [6.07, 6.45) is 4.02. The molecule has 1 N–H and O–H groups in total. The monoisotopic (exact) mass is 295 g/mol. The zero-order valence-corrected chi connectivity index (χ0v) is 12.5. The predicted molar refractivity (Wildman–Crippen MR) is 77.1 cm³/mol. The molecule has 0 heterocycles. The minimum absolute atomic E-state index is 0.436. The van der Waals surface area contributed by atoms with Crippen LogP contribution in [0.4, 0.5) is 0 Å². The molecule has 1 aromatic rings. The Kier molecular flexibility index (Phi) is 3.94. The van der Waals surface area contributed by atoms with Crippen LogP contribution in [0.25, 0.3) is 0 Å². The van der Waals surface area contributed by atoms with Crippen LogP contribution < -0.4 is 5.32 Å². The van der Waals surface area contributed by atoms with E-state index in [1.807, 2.05) is 0 Å². The summed E-state index contributed by atoms with van der Waals surface area (Å²) in [6.45, 7) is 7.02. The van der Waals surface area contributed by atoms with Gasteiger partial charge in [-0.05, 0) is 42.9 Å². The summed E-state index contributed by atoms with van der Waals surface area (Å²) in [5.41, 5.74) is 1.82. The number of nitrogens with one attached hydrogen (secondary N) is 1. The Labute approximate surface area is 113 Å². The van der Waals surface area contributed by atoms with Crippen LogP contribution in [0.3, 0.4) is 0 Å². The summed E-state index contributed by atoms with van der Waals surface area (Å²) in [4.78, 5) is 0. The van der Waals surface area contributed by atoms with Crippen LogP contribution in [-0.4, -0.2) is 6.04 Å². The van der Waals surface area contributed by atoms with Crippen molar-refractivity contribution < 1.29 is 0 Å². The smallest absolute Gasteiger partial charge is 0.0294 e. The van der Waals surface area contributed by atoms with Gasteiger partial charge in [-0.15, -0.1) is 0 Å². The molecule has 94 valence electrons. The van der Waals surface area contributed by atoms with Crippen LogP contribution in [0.2, 0.25) is 0 Å². The molecule has 0 spiro atoms. The fourth-order valence-corrected chi connectivity index (χ4v) is 3.05. The first-order valence-corrected chi connectivity index (χ1v) is 7.30. The number of rotatable bonds is 3. The maximum Gasteiger partial charge on any atom is 0.0294 e. The van der Waals surface area contributed by atoms with E-state index in [9.17, 15) is 0 Å². The third-order valence-electron chi connectivity index (χ3n) is 4.08. The Hall–Kier alpha value is -0.340. The third kappa shape index (κ3) is 3.11. The van der Waals surface area contributed by atoms with Crippen molar-refractivity contribution in [2.75, 3.05) is 0 Å². The van der Waals surface area contributed by atoms with Crippen LogP contribution in [0, 0.1) is 5.41 Å². The Morgan fingerprint density at radius 3 is 2.47 bits per heavy atom. The molecule has 1 fully saturated rings. The summed E-state index contributed by atoms with van der Waals surface area (Å²) in [6, 6.07) is 9.72. The van der Waals surface area contributed by atoms with Crippen molar-refractivity contribution in [2.45, 2.75) is 52.1 Å². The predicted octanol–water partition coefficient (Wildman–Crippen LogP) is 4.68. The topological polar surface area (TPSA) is 12.0 Å². The number of hydrogen-bond donors (Lipinski definition) is 1. The molecule has 0 bridgehead atoms. The summed E-state index contributed by atoms with van der Waals surface area (Å²) >= 11 is 3.48. The molecule has 0 saturated heterocycles. The lowest BCUT2D eigenvalue weighted by Crippen LogP contribution is -2.39. The standard InChI is InChI=1S/C15H22BrN/c1-11(12-6-8-13(16)9-7-12)17-14-5-4-10-15(14,2)3/h6-9,11,14,17H,4-5,10H2,1-3H3. The van der Waals surface area contributed by atoms with Crippen molar-refractivity contribution in [3.63, 3.8) is 0 Å². The lowest BCUT2D eigenvalue weighted by molar-refractivity contribution is 0.266. The van der Waals surface area contributed by atoms with Crippen LogP contribution in [0.5, 0.6) is 0 Å². The van der Waals surface area contributed by atoms with Gasteiger partial charge < -0.3 is 5.32 Å². The van der Waals surface area contributed by atoms with Crippen molar-refractivity contribution in [1.82, 2.24) is 5.32 Å². The number of benzene rings is 1. The first-order chi connectivity index (χ1) is 7.99. The Balaban J connectivity index is 2.01. The van der Waals surface area contributed by atoms with E-state index < -0.39 is 0 Å². The maximum atomic E-state index is 3.79. The van der Waals surface area contributed by atoms with Gasteiger partial charge in [0.05, 0.1) is 0 Å². The van der Waals surface area contributed by atoms with Crippen molar-refractivity contribution in [3.05, 3.63) is 34.3 Å². The van der Waals surface area contributed by atoms with Gasteiger partial charge in [-0.25, -0.2) is 0 Å². The molecule has 1 saturated carbocycles. The molecule has 1 aliphatic carbocycles. The average Bonchev–Trinajstić information content (AvgIpc) is 2.59. The second kappa shape index (κ2) is 5.11. The van der Waals surface area contributed by atoms with Gasteiger partial charge in [0.15, 0.2) is 0 Å². The lowest BCUT2D eigenvalue weighted by atomic mass is 9.86. The van der Waals surface area contributed by atoms with Crippen molar-refractivity contribution in [1.29, 1.82) is 0 Å². The first-order valence-electron chi connectivity index (χ1n) is 6.50. The van der Waals surface area contributed by atoms with E-state index in [1.165, 1.54) is 24.8 Å². The lowest BCUT2D eigenvalue weighted by Gasteiger charge is -2.31. The second-order valence-electron chi connectivity index (χ2n) is 5.87. The van der Waals surface area contributed by atoms with E-state index in [2.05, 4.69) is 66.3 Å². The highest BCUT2D eigenvalue weighted by Crippen LogP contribution is 2.38. The molecule has 2 atom stereocenters. The Morgan fingerprint density at radius 1 is 1.29 bits per heavy atom. The van der Waals surface area contributed by atoms with E-state index in [1.54, 1.807) is 0 Å². The van der Waals surface area contributed by atoms with Crippen LogP contribution in [0.1, 0.15) is 51.6 Å². The molecular formula is C15H22BrN. The molecule has 2 heteroatoms. The summed E-state index contributed by atoms with van der Waals surface area (Å²) in [5, 5.41) is 3.79. The summed E-state index contributed by atoms with van der Waals surface area (Å²) in [5.74, 6) is 0. The summed E-state index contributed by atoms with van der Waals surface area (Å²) in [7, 11) is 0. The molecule has 2 rings (SSSR count). The SMILES string of the molecule is CC(NC1CCCC1(C)C)c1ccc(Br)cc1. The van der Waals surface area contributed by atoms with Gasteiger partial charge in [-0.3, -0.25) is 0 Å². The fraction of sp³-hybridized carbons (Fsp3) is 0.600. The molecule has 1 aromatic carbocycles.